The van der Waals surface area contributed by atoms with Crippen LogP contribution in [0.1, 0.15) is 61.0 Å². The number of aromatic nitrogens is 6. The molecular weight excluding hydrogens is 549 g/mol. The van der Waals surface area contributed by atoms with Crippen molar-refractivity contribution in [2.45, 2.75) is 50.2 Å². The van der Waals surface area contributed by atoms with Crippen molar-refractivity contribution in [3.8, 4) is 22.7 Å². The predicted octanol–water partition coefficient (Wildman–Crippen LogP) is 5.36. The van der Waals surface area contributed by atoms with Crippen LogP contribution in [0.15, 0.2) is 76.5 Å². The summed E-state index contributed by atoms with van der Waals surface area (Å²) in [6.45, 7) is 0. The average molecular weight is 576 g/mol. The highest BCUT2D eigenvalue weighted by atomic mass is 19.1. The van der Waals surface area contributed by atoms with Crippen molar-refractivity contribution in [3.63, 3.8) is 0 Å². The molecule has 0 radical (unpaired) electrons. The molecule has 2 N–H and O–H groups in total. The van der Waals surface area contributed by atoms with Crippen LogP contribution in [0.4, 0.5) is 16.1 Å². The van der Waals surface area contributed by atoms with Crippen molar-refractivity contribution in [1.82, 2.24) is 29.9 Å². The second-order valence-electron chi connectivity index (χ2n) is 11.0. The van der Waals surface area contributed by atoms with E-state index in [-0.39, 0.29) is 17.6 Å². The Morgan fingerprint density at radius 1 is 0.930 bits per heavy atom. The van der Waals surface area contributed by atoms with E-state index in [2.05, 4.69) is 30.8 Å². The van der Waals surface area contributed by atoms with Gasteiger partial charge >= 0.3 is 6.01 Å². The third-order valence-electron chi connectivity index (χ3n) is 8.05. The lowest BCUT2D eigenvalue weighted by molar-refractivity contribution is -0.116. The number of hydrogen-bond donors (Lipinski definition) is 2. The Hall–Kier alpha value is -5.26. The number of anilines is 2. The van der Waals surface area contributed by atoms with Crippen molar-refractivity contribution < 1.29 is 13.6 Å². The molecule has 0 spiro atoms. The van der Waals surface area contributed by atoms with E-state index in [4.69, 9.17) is 14.5 Å². The van der Waals surface area contributed by atoms with Crippen LogP contribution in [-0.4, -0.2) is 47.7 Å². The molecule has 2 fully saturated rings. The number of fused-ring (bicyclic) bond motifs is 1. The third-order valence-corrected chi connectivity index (χ3v) is 8.05. The number of para-hydroxylation sites is 1. The smallest absolute Gasteiger partial charge is 0.317 e. The molecule has 2 saturated carbocycles. The number of amides is 1. The lowest BCUT2D eigenvalue weighted by Gasteiger charge is -2.25. The van der Waals surface area contributed by atoms with Gasteiger partial charge in [0.1, 0.15) is 17.3 Å². The third kappa shape index (κ3) is 4.74. The minimum absolute atomic E-state index is 0.0135. The molecule has 2 aliphatic carbocycles. The first-order valence-corrected chi connectivity index (χ1v) is 14.4. The minimum Gasteiger partial charge on any atom is -0.403 e. The first-order valence-electron chi connectivity index (χ1n) is 14.4. The quantitative estimate of drug-likeness (QED) is 0.265. The molecule has 3 aromatic heterocycles. The average Bonchev–Trinajstić information content (AvgIpc) is 3.64. The Morgan fingerprint density at radius 3 is 2.49 bits per heavy atom. The molecule has 8 rings (SSSR count). The molecule has 11 nitrogen and oxygen atoms in total. The summed E-state index contributed by atoms with van der Waals surface area (Å²) in [5, 5.41) is 18.9. The topological polar surface area (TPSA) is 136 Å². The Bertz CT molecular complexity index is 1860. The molecular formula is C31H26FN9O2. The molecule has 0 bridgehead atoms. The Labute approximate surface area is 245 Å². The summed E-state index contributed by atoms with van der Waals surface area (Å²) in [4.78, 5) is 27.1. The van der Waals surface area contributed by atoms with E-state index in [0.717, 1.165) is 49.1 Å². The molecule has 2 aromatic carbocycles. The normalized spacial score (nSPS) is 18.3. The second-order valence-corrected chi connectivity index (χ2v) is 11.0. The zero-order valence-electron chi connectivity index (χ0n) is 22.9. The SMILES string of the molecule is O=C1Nc2c(F)cccc2C(c2ccccc2)=N[C@@H]1Nc1nnc(-c2cn(C3CCC3)nc2-c2cnc(C3CC3)nc2)o1. The van der Waals surface area contributed by atoms with Crippen LogP contribution in [-0.2, 0) is 4.79 Å². The van der Waals surface area contributed by atoms with Crippen LogP contribution >= 0.6 is 0 Å². The summed E-state index contributed by atoms with van der Waals surface area (Å²) >= 11 is 0. The number of aliphatic imine (C=N–C) groups is 1. The molecule has 0 unspecified atom stereocenters. The van der Waals surface area contributed by atoms with Crippen LogP contribution in [0.5, 0.6) is 0 Å². The van der Waals surface area contributed by atoms with E-state index in [0.29, 0.717) is 34.5 Å². The maximum atomic E-state index is 14.8. The van der Waals surface area contributed by atoms with Crippen molar-refractivity contribution in [2.24, 2.45) is 4.99 Å². The molecule has 43 heavy (non-hydrogen) atoms. The number of rotatable bonds is 7. The van der Waals surface area contributed by atoms with Gasteiger partial charge in [0.05, 0.1) is 23.0 Å². The molecule has 214 valence electrons. The van der Waals surface area contributed by atoms with Crippen molar-refractivity contribution >= 4 is 23.3 Å². The Kier molecular flexibility index (Phi) is 6.05. The fraction of sp³-hybridized carbons (Fsp3) is 0.258. The number of benzene rings is 2. The van der Waals surface area contributed by atoms with Crippen molar-refractivity contribution in [3.05, 3.63) is 89.9 Å². The fourth-order valence-corrected chi connectivity index (χ4v) is 5.34. The highest BCUT2D eigenvalue weighted by Crippen LogP contribution is 2.39. The molecule has 1 amide bonds. The van der Waals surface area contributed by atoms with Gasteiger partial charge in [-0.2, -0.15) is 5.10 Å². The number of carbonyl (C=O) groups excluding carboxylic acids is 1. The van der Waals surface area contributed by atoms with E-state index in [1.807, 2.05) is 41.2 Å². The lowest BCUT2D eigenvalue weighted by Crippen LogP contribution is -2.32. The van der Waals surface area contributed by atoms with E-state index < -0.39 is 17.9 Å². The molecule has 0 saturated heterocycles. The maximum absolute atomic E-state index is 14.8. The largest absolute Gasteiger partial charge is 0.403 e. The van der Waals surface area contributed by atoms with Gasteiger partial charge in [-0.25, -0.2) is 19.4 Å². The van der Waals surface area contributed by atoms with Gasteiger partial charge in [0.25, 0.3) is 11.8 Å². The van der Waals surface area contributed by atoms with Gasteiger partial charge in [0.15, 0.2) is 0 Å². The molecule has 4 heterocycles. The zero-order valence-corrected chi connectivity index (χ0v) is 22.9. The second kappa shape index (κ2) is 10.2. The number of hydrogen-bond acceptors (Lipinski definition) is 9. The van der Waals surface area contributed by atoms with E-state index in [1.165, 1.54) is 6.07 Å². The van der Waals surface area contributed by atoms with Gasteiger partial charge in [-0.1, -0.05) is 47.6 Å². The number of halogens is 1. The monoisotopic (exact) mass is 575 g/mol. The fourth-order valence-electron chi connectivity index (χ4n) is 5.34. The Morgan fingerprint density at radius 2 is 1.74 bits per heavy atom. The van der Waals surface area contributed by atoms with Crippen LogP contribution in [0.25, 0.3) is 22.7 Å². The summed E-state index contributed by atoms with van der Waals surface area (Å²) in [7, 11) is 0. The van der Waals surface area contributed by atoms with E-state index in [9.17, 15) is 9.18 Å². The summed E-state index contributed by atoms with van der Waals surface area (Å²) in [5.41, 5.74) is 3.75. The van der Waals surface area contributed by atoms with Gasteiger partial charge in [-0.05, 0) is 38.2 Å². The Balaban J connectivity index is 1.13. The molecule has 1 atom stereocenters. The van der Waals surface area contributed by atoms with Gasteiger partial charge < -0.3 is 15.1 Å². The van der Waals surface area contributed by atoms with Crippen LogP contribution in [0.3, 0.4) is 0 Å². The summed E-state index contributed by atoms with van der Waals surface area (Å²) < 4.78 is 22.8. The number of benzodiazepines with no additional fused rings is 1. The van der Waals surface area contributed by atoms with Crippen LogP contribution in [0, 0.1) is 5.82 Å². The number of nitrogens with one attached hydrogen (secondary N) is 2. The van der Waals surface area contributed by atoms with Gasteiger partial charge in [0.2, 0.25) is 6.17 Å². The minimum atomic E-state index is -1.17. The van der Waals surface area contributed by atoms with E-state index >= 15 is 0 Å². The molecule has 1 aliphatic heterocycles. The van der Waals surface area contributed by atoms with Crippen molar-refractivity contribution in [2.75, 3.05) is 10.6 Å². The van der Waals surface area contributed by atoms with E-state index in [1.54, 1.807) is 24.5 Å². The highest BCUT2D eigenvalue weighted by Gasteiger charge is 2.31. The molecule has 5 aromatic rings. The van der Waals surface area contributed by atoms with Crippen LogP contribution < -0.4 is 10.6 Å². The predicted molar refractivity (Wildman–Crippen MR) is 156 cm³/mol. The van der Waals surface area contributed by atoms with Crippen LogP contribution in [0.2, 0.25) is 0 Å². The molecule has 3 aliphatic rings. The standard InChI is InChI=1S/C31H26FN9O2/c32-23-11-5-10-21-24(17-6-2-1-3-7-17)35-28(29(42)36-26(21)23)37-31-39-38-30(43-31)22-16-41(20-8-4-9-20)40-25(22)19-14-33-27(34-15-19)18-12-13-18/h1-3,5-7,10-11,14-16,18,20,28H,4,8-9,12-13H2,(H,36,42)(H,37,39)/t28-/m1/s1. The number of nitrogens with zero attached hydrogens (tertiary/aromatic N) is 7. The summed E-state index contributed by atoms with van der Waals surface area (Å²) in [6.07, 6.45) is 9.83. The van der Waals surface area contributed by atoms with Gasteiger partial charge in [-0.15, -0.1) is 5.10 Å². The number of carbonyl (C=O) groups is 1. The zero-order chi connectivity index (χ0) is 28.9. The first-order chi connectivity index (χ1) is 21.1. The van der Waals surface area contributed by atoms with Gasteiger partial charge in [0, 0.05) is 41.2 Å². The van der Waals surface area contributed by atoms with Crippen molar-refractivity contribution in [1.29, 1.82) is 0 Å². The highest BCUT2D eigenvalue weighted by molar-refractivity contribution is 6.19. The lowest BCUT2D eigenvalue weighted by atomic mass is 9.93. The van der Waals surface area contributed by atoms with Gasteiger partial charge in [-0.3, -0.25) is 9.48 Å². The molecule has 12 heteroatoms. The summed E-state index contributed by atoms with van der Waals surface area (Å²) in [6, 6.07) is 14.2. The summed E-state index contributed by atoms with van der Waals surface area (Å²) in [5.74, 6) is 0.405. The first kappa shape index (κ1) is 25.5. The maximum Gasteiger partial charge on any atom is 0.317 e.